The molecule has 77 heavy (non-hydrogen) atoms. The van der Waals surface area contributed by atoms with Crippen LogP contribution in [0, 0.1) is 0 Å². The van der Waals surface area contributed by atoms with Gasteiger partial charge in [-0.25, -0.2) is 0 Å². The molecule has 428 valence electrons. The average molecular weight is 1060 g/mol. The first-order valence-corrected chi connectivity index (χ1v) is 28.9. The monoisotopic (exact) mass is 1060 g/mol. The number of nitrogens with zero attached hydrogens (tertiary/aromatic N) is 1. The second-order valence-corrected chi connectivity index (χ2v) is 19.5. The molecule has 9 nitrogen and oxygen atoms in total. The molecule has 0 aromatic heterocycles. The SMILES string of the molecule is CC/C=C\C/C=C\C/C=C\C/C=C\C/C=C\C/C=C\C/C=C\C/C=C\C/C=C\C/C=C\CCCCCCCCC(=O)OC(COC(=O)C/C=C\C/C=C\C/C=C\C/C=C\C/C=C\CC)COC(OCC[N+](C)(C)C)C(=O)[O-]. The van der Waals surface area contributed by atoms with Crippen molar-refractivity contribution >= 4 is 17.9 Å². The number of allylic oxidation sites excluding steroid dienone is 29. The van der Waals surface area contributed by atoms with Crippen molar-refractivity contribution in [2.75, 3.05) is 47.5 Å². The zero-order valence-corrected chi connectivity index (χ0v) is 48.5. The van der Waals surface area contributed by atoms with Gasteiger partial charge in [0.15, 0.2) is 12.4 Å². The molecular formula is C68H103NO8. The summed E-state index contributed by atoms with van der Waals surface area (Å²) in [6.45, 7) is 4.34. The van der Waals surface area contributed by atoms with Gasteiger partial charge in [0.2, 0.25) is 0 Å². The van der Waals surface area contributed by atoms with E-state index in [0.717, 1.165) is 128 Å². The van der Waals surface area contributed by atoms with E-state index in [2.05, 4.69) is 178 Å². The molecule has 0 saturated heterocycles. The minimum atomic E-state index is -1.66. The lowest BCUT2D eigenvalue weighted by Crippen LogP contribution is -2.44. The Morgan fingerprint density at radius 3 is 1.10 bits per heavy atom. The van der Waals surface area contributed by atoms with E-state index in [1.165, 1.54) is 0 Å². The van der Waals surface area contributed by atoms with Crippen molar-refractivity contribution in [3.63, 3.8) is 0 Å². The fraction of sp³-hybridized carbons (Fsp3) is 0.515. The number of likely N-dealkylation sites (N-methyl/N-ethyl adjacent to an activating group) is 1. The number of unbranched alkanes of at least 4 members (excludes halogenated alkanes) is 6. The zero-order valence-electron chi connectivity index (χ0n) is 48.5. The highest BCUT2D eigenvalue weighted by atomic mass is 16.7. The first-order valence-electron chi connectivity index (χ1n) is 28.9. The van der Waals surface area contributed by atoms with Crippen LogP contribution in [0.5, 0.6) is 0 Å². The van der Waals surface area contributed by atoms with Gasteiger partial charge in [0.05, 0.1) is 46.7 Å². The predicted octanol–water partition coefficient (Wildman–Crippen LogP) is 16.0. The summed E-state index contributed by atoms with van der Waals surface area (Å²) >= 11 is 0. The molecule has 0 aromatic carbocycles. The van der Waals surface area contributed by atoms with Crippen molar-refractivity contribution in [2.24, 2.45) is 0 Å². The van der Waals surface area contributed by atoms with Crippen LogP contribution in [0.4, 0.5) is 0 Å². The van der Waals surface area contributed by atoms with E-state index in [4.69, 9.17) is 18.9 Å². The Morgan fingerprint density at radius 2 is 0.740 bits per heavy atom. The van der Waals surface area contributed by atoms with E-state index >= 15 is 0 Å². The van der Waals surface area contributed by atoms with Gasteiger partial charge in [-0.05, 0) is 116 Å². The summed E-state index contributed by atoms with van der Waals surface area (Å²) in [5.74, 6) is -2.50. The maximum atomic E-state index is 12.8. The molecule has 0 radical (unpaired) electrons. The number of esters is 2. The van der Waals surface area contributed by atoms with Gasteiger partial charge in [-0.15, -0.1) is 0 Å². The number of hydrogen-bond acceptors (Lipinski definition) is 8. The number of rotatable bonds is 50. The summed E-state index contributed by atoms with van der Waals surface area (Å²) in [5, 5.41) is 11.8. The Balaban J connectivity index is 4.33. The highest BCUT2D eigenvalue weighted by Crippen LogP contribution is 2.12. The molecule has 0 amide bonds. The van der Waals surface area contributed by atoms with Crippen molar-refractivity contribution < 1.29 is 42.9 Å². The number of aliphatic carboxylic acids is 1. The van der Waals surface area contributed by atoms with Crippen molar-refractivity contribution in [3.05, 3.63) is 182 Å². The van der Waals surface area contributed by atoms with E-state index in [-0.39, 0.29) is 32.7 Å². The molecule has 2 unspecified atom stereocenters. The predicted molar refractivity (Wildman–Crippen MR) is 324 cm³/mol. The quantitative estimate of drug-likeness (QED) is 0.0195. The largest absolute Gasteiger partial charge is 0.545 e. The number of carboxylic acid groups (broad SMARTS) is 1. The van der Waals surface area contributed by atoms with Gasteiger partial charge < -0.3 is 33.3 Å². The fourth-order valence-electron chi connectivity index (χ4n) is 6.81. The molecule has 0 aromatic rings. The highest BCUT2D eigenvalue weighted by Gasteiger charge is 2.21. The van der Waals surface area contributed by atoms with Gasteiger partial charge in [-0.3, -0.25) is 9.59 Å². The third-order valence-corrected chi connectivity index (χ3v) is 11.2. The molecule has 0 N–H and O–H groups in total. The Bertz CT molecular complexity index is 1910. The van der Waals surface area contributed by atoms with E-state index in [1.807, 2.05) is 33.3 Å². The van der Waals surface area contributed by atoms with Gasteiger partial charge in [-0.2, -0.15) is 0 Å². The minimum Gasteiger partial charge on any atom is -0.545 e. The van der Waals surface area contributed by atoms with E-state index < -0.39 is 30.3 Å². The van der Waals surface area contributed by atoms with E-state index in [0.29, 0.717) is 23.9 Å². The summed E-state index contributed by atoms with van der Waals surface area (Å²) in [5.41, 5.74) is 0. The number of carbonyl (C=O) groups is 3. The molecule has 0 aliphatic heterocycles. The summed E-state index contributed by atoms with van der Waals surface area (Å²) in [6.07, 6.45) is 84.1. The van der Waals surface area contributed by atoms with Crippen LogP contribution in [0.1, 0.15) is 168 Å². The van der Waals surface area contributed by atoms with Crippen LogP contribution in [0.3, 0.4) is 0 Å². The third kappa shape index (κ3) is 57.9. The molecular weight excluding hydrogens is 959 g/mol. The van der Waals surface area contributed by atoms with E-state index in [9.17, 15) is 19.5 Å². The normalized spacial score (nSPS) is 14.1. The van der Waals surface area contributed by atoms with Crippen LogP contribution in [-0.2, 0) is 33.3 Å². The van der Waals surface area contributed by atoms with Crippen molar-refractivity contribution in [1.82, 2.24) is 0 Å². The van der Waals surface area contributed by atoms with Gasteiger partial charge in [0.1, 0.15) is 13.2 Å². The average Bonchev–Trinajstić information content (AvgIpc) is 3.40. The first-order chi connectivity index (χ1) is 37.6. The Labute approximate surface area is 469 Å². The van der Waals surface area contributed by atoms with Gasteiger partial charge >= 0.3 is 11.9 Å². The summed E-state index contributed by atoms with van der Waals surface area (Å²) in [6, 6.07) is 0. The molecule has 0 fully saturated rings. The highest BCUT2D eigenvalue weighted by molar-refractivity contribution is 5.71. The molecule has 0 spiro atoms. The number of carboxylic acids is 1. The van der Waals surface area contributed by atoms with Gasteiger partial charge in [0, 0.05) is 6.42 Å². The van der Waals surface area contributed by atoms with Gasteiger partial charge in [0.25, 0.3) is 0 Å². The molecule has 0 heterocycles. The fourth-order valence-corrected chi connectivity index (χ4v) is 6.81. The Hall–Kier alpha value is -5.61. The van der Waals surface area contributed by atoms with Crippen LogP contribution < -0.4 is 5.11 Å². The van der Waals surface area contributed by atoms with Gasteiger partial charge in [-0.1, -0.05) is 222 Å². The molecule has 0 rings (SSSR count). The molecule has 0 saturated carbocycles. The lowest BCUT2D eigenvalue weighted by Gasteiger charge is -2.26. The lowest BCUT2D eigenvalue weighted by atomic mass is 10.1. The summed E-state index contributed by atoms with van der Waals surface area (Å²) in [4.78, 5) is 37.1. The van der Waals surface area contributed by atoms with Crippen molar-refractivity contribution in [3.8, 4) is 0 Å². The number of ether oxygens (including phenoxy) is 4. The second kappa shape index (κ2) is 56.6. The topological polar surface area (TPSA) is 111 Å². The maximum absolute atomic E-state index is 12.8. The molecule has 2 atom stereocenters. The van der Waals surface area contributed by atoms with Crippen LogP contribution in [0.15, 0.2) is 182 Å². The molecule has 0 bridgehead atoms. The minimum absolute atomic E-state index is 0.0454. The van der Waals surface area contributed by atoms with Crippen LogP contribution in [-0.4, -0.2) is 82.3 Å². The second-order valence-electron chi connectivity index (χ2n) is 19.5. The van der Waals surface area contributed by atoms with Crippen LogP contribution >= 0.6 is 0 Å². The van der Waals surface area contributed by atoms with Crippen LogP contribution in [0.2, 0.25) is 0 Å². The molecule has 9 heteroatoms. The number of hydrogen-bond donors (Lipinski definition) is 0. The summed E-state index contributed by atoms with van der Waals surface area (Å²) < 4.78 is 22.5. The third-order valence-electron chi connectivity index (χ3n) is 11.2. The maximum Gasteiger partial charge on any atom is 0.309 e. The van der Waals surface area contributed by atoms with E-state index in [1.54, 1.807) is 6.08 Å². The Morgan fingerprint density at radius 1 is 0.403 bits per heavy atom. The Kier molecular flexibility index (Phi) is 52.5. The zero-order chi connectivity index (χ0) is 56.2. The molecule has 0 aliphatic carbocycles. The number of quaternary nitrogens is 1. The molecule has 0 aliphatic rings. The smallest absolute Gasteiger partial charge is 0.309 e. The first kappa shape index (κ1) is 71.4. The van der Waals surface area contributed by atoms with Crippen molar-refractivity contribution in [2.45, 2.75) is 180 Å². The van der Waals surface area contributed by atoms with Crippen molar-refractivity contribution in [1.29, 1.82) is 0 Å². The standard InChI is InChI=1S/C68H103NO8/c1-6-8-10-12-14-16-18-20-22-23-24-25-26-27-28-29-30-31-32-33-34-35-36-37-38-39-40-41-42-43-45-47-49-51-53-55-57-59-66(71)77-64(63-76-68(67(72)73)74-61-60-69(3,4)5)62-75-65(70)58-56-54-52-50-48-46-44-21-19-17-15-13-11-9-7-2/h8-11,14-17,20-22,24-25,27-28,30-31,33-34,36-37,39-40,42-44,48,50,54,56,64,68H,6-7,12-13,18-19,23,26,29,32,35,38,41,45-47,49,51-53,55,57-63H2,1-5H3/b10-8-,11-9-,16-14-,17-15-,22-20-,25-24-,28-27-,31-30-,34-33-,37-36-,40-39-,43-42-,44-21-,50-48-,56-54-. The number of carbonyl (C=O) groups excluding carboxylic acids is 3. The summed E-state index contributed by atoms with van der Waals surface area (Å²) in [7, 11) is 5.87. The van der Waals surface area contributed by atoms with Crippen LogP contribution in [0.25, 0.3) is 0 Å². The lowest BCUT2D eigenvalue weighted by molar-refractivity contribution is -0.870.